The highest BCUT2D eigenvalue weighted by molar-refractivity contribution is 7.45. The van der Waals surface area contributed by atoms with Gasteiger partial charge in [0.15, 0.2) is 0 Å². The van der Waals surface area contributed by atoms with Crippen LogP contribution in [0, 0.1) is 0 Å². The molecule has 0 aliphatic rings. The normalized spacial score (nSPS) is 14.8. The van der Waals surface area contributed by atoms with Gasteiger partial charge in [0.25, 0.3) is 7.82 Å². The number of hydrogen-bond donors (Lipinski definition) is 2. The van der Waals surface area contributed by atoms with Gasteiger partial charge in [-0.2, -0.15) is 0 Å². The van der Waals surface area contributed by atoms with Crippen LogP contribution < -0.4 is 10.2 Å². The Morgan fingerprint density at radius 3 is 1.71 bits per heavy atom. The topological polar surface area (TPSA) is 108 Å². The van der Waals surface area contributed by atoms with Crippen LogP contribution in [0.3, 0.4) is 0 Å². The molecule has 0 aromatic carbocycles. The van der Waals surface area contributed by atoms with Gasteiger partial charge in [-0.25, -0.2) is 0 Å². The number of quaternary nitrogens is 1. The maximum atomic E-state index is 12.8. The van der Waals surface area contributed by atoms with Crippen molar-refractivity contribution in [2.24, 2.45) is 0 Å². The molecule has 0 heterocycles. The van der Waals surface area contributed by atoms with Crippen molar-refractivity contribution in [3.63, 3.8) is 0 Å². The molecule has 0 saturated carbocycles. The largest absolute Gasteiger partial charge is 0.756 e. The number of hydrogen-bond acceptors (Lipinski definition) is 6. The number of carbonyl (C=O) groups is 1. The summed E-state index contributed by atoms with van der Waals surface area (Å²) in [5, 5.41) is 13.8. The van der Waals surface area contributed by atoms with Crippen molar-refractivity contribution < 1.29 is 32.9 Å². The SMILES string of the molecule is CCCCCC/C=C\C/C=C\CCCCCCCC(=O)NC(COP(=O)([O-])OCC[N+](C)(C)C)C(O)CCCCCCCCCCCCC. The highest BCUT2D eigenvalue weighted by Gasteiger charge is 2.24. The minimum Gasteiger partial charge on any atom is -0.756 e. The van der Waals surface area contributed by atoms with Gasteiger partial charge >= 0.3 is 0 Å². The van der Waals surface area contributed by atoms with Crippen molar-refractivity contribution >= 4 is 13.7 Å². The Hall–Kier alpha value is -1.02. The molecule has 1 amide bonds. The number of phosphoric acid groups is 1. The van der Waals surface area contributed by atoms with Crippen molar-refractivity contribution in [3.05, 3.63) is 24.3 Å². The molecule has 9 heteroatoms. The fraction of sp³-hybridized carbons (Fsp3) is 0.875. The number of aliphatic hydroxyl groups excluding tert-OH is 1. The van der Waals surface area contributed by atoms with Gasteiger partial charge in [-0.05, 0) is 44.9 Å². The van der Waals surface area contributed by atoms with Gasteiger partial charge in [0, 0.05) is 6.42 Å². The summed E-state index contributed by atoms with van der Waals surface area (Å²) in [5.74, 6) is -0.181. The molecule has 0 spiro atoms. The van der Waals surface area contributed by atoms with E-state index in [0.717, 1.165) is 64.2 Å². The van der Waals surface area contributed by atoms with Crippen LogP contribution in [0.15, 0.2) is 24.3 Å². The van der Waals surface area contributed by atoms with Crippen molar-refractivity contribution in [1.82, 2.24) is 5.32 Å². The monoisotopic (exact) mass is 715 g/mol. The number of aliphatic hydroxyl groups is 1. The molecule has 0 aromatic heterocycles. The predicted molar refractivity (Wildman–Crippen MR) is 205 cm³/mol. The first-order valence-corrected chi connectivity index (χ1v) is 21.6. The molecule has 0 rings (SSSR count). The molecular weight excluding hydrogens is 635 g/mol. The van der Waals surface area contributed by atoms with Crippen LogP contribution >= 0.6 is 7.82 Å². The fourth-order valence-corrected chi connectivity index (χ4v) is 6.38. The van der Waals surface area contributed by atoms with Gasteiger partial charge in [-0.1, -0.05) is 147 Å². The first-order valence-electron chi connectivity index (χ1n) is 20.2. The zero-order valence-corrected chi connectivity index (χ0v) is 33.5. The number of allylic oxidation sites excluding steroid dienone is 4. The lowest BCUT2D eigenvalue weighted by Crippen LogP contribution is -2.46. The van der Waals surface area contributed by atoms with E-state index in [1.54, 1.807) is 0 Å². The molecule has 0 aromatic rings. The van der Waals surface area contributed by atoms with Crippen LogP contribution in [0.1, 0.15) is 174 Å². The highest BCUT2D eigenvalue weighted by Crippen LogP contribution is 2.38. The maximum Gasteiger partial charge on any atom is 0.268 e. The lowest BCUT2D eigenvalue weighted by molar-refractivity contribution is -0.870. The van der Waals surface area contributed by atoms with Crippen LogP contribution in [0.5, 0.6) is 0 Å². The van der Waals surface area contributed by atoms with E-state index in [-0.39, 0.29) is 19.1 Å². The summed E-state index contributed by atoms with van der Waals surface area (Å²) < 4.78 is 23.2. The number of nitrogens with zero attached hydrogens (tertiary/aromatic N) is 1. The second-order valence-corrected chi connectivity index (χ2v) is 16.4. The van der Waals surface area contributed by atoms with E-state index in [4.69, 9.17) is 9.05 Å². The second kappa shape index (κ2) is 32.9. The second-order valence-electron chi connectivity index (χ2n) is 15.0. The van der Waals surface area contributed by atoms with Crippen LogP contribution in [0.4, 0.5) is 0 Å². The van der Waals surface area contributed by atoms with E-state index in [2.05, 4.69) is 43.5 Å². The Morgan fingerprint density at radius 1 is 0.714 bits per heavy atom. The molecule has 0 saturated heterocycles. The van der Waals surface area contributed by atoms with E-state index in [0.29, 0.717) is 23.9 Å². The lowest BCUT2D eigenvalue weighted by Gasteiger charge is -2.30. The average molecular weight is 715 g/mol. The molecule has 49 heavy (non-hydrogen) atoms. The summed E-state index contributed by atoms with van der Waals surface area (Å²) in [6.45, 7) is 4.66. The highest BCUT2D eigenvalue weighted by atomic mass is 31.2. The number of nitrogens with one attached hydrogen (secondary N) is 1. The summed E-state index contributed by atoms with van der Waals surface area (Å²) >= 11 is 0. The van der Waals surface area contributed by atoms with Gasteiger partial charge in [0.2, 0.25) is 5.91 Å². The van der Waals surface area contributed by atoms with Gasteiger partial charge in [0.1, 0.15) is 13.2 Å². The van der Waals surface area contributed by atoms with Gasteiger partial charge < -0.3 is 28.8 Å². The molecular formula is C40H79N2O6P. The fourth-order valence-electron chi connectivity index (χ4n) is 5.66. The molecule has 290 valence electrons. The van der Waals surface area contributed by atoms with E-state index >= 15 is 0 Å². The molecule has 2 N–H and O–H groups in total. The number of rotatable bonds is 36. The minimum absolute atomic E-state index is 0.00941. The quantitative estimate of drug-likeness (QED) is 0.0290. The van der Waals surface area contributed by atoms with E-state index in [1.165, 1.54) is 83.5 Å². The standard InChI is InChI=1S/C40H79N2O6P/c1-6-8-10-12-14-16-18-19-20-21-22-24-26-28-30-32-34-40(44)41-38(37-48-49(45,46)47-36-35-42(3,4)5)39(43)33-31-29-27-25-23-17-15-13-11-9-7-2/h16,18,20-21,38-39,43H,6-15,17,19,22-37H2,1-5H3,(H-,41,44,45,46)/b18-16-,21-20-. The third kappa shape index (κ3) is 35.2. The Balaban J connectivity index is 4.44. The Kier molecular flexibility index (Phi) is 32.2. The minimum atomic E-state index is -4.56. The summed E-state index contributed by atoms with van der Waals surface area (Å²) in [6, 6.07) is -0.803. The molecule has 3 unspecified atom stereocenters. The van der Waals surface area contributed by atoms with Crippen LogP contribution in [0.25, 0.3) is 0 Å². The Labute approximate surface area is 303 Å². The molecule has 8 nitrogen and oxygen atoms in total. The maximum absolute atomic E-state index is 12.8. The number of carbonyl (C=O) groups excluding carboxylic acids is 1. The van der Waals surface area contributed by atoms with Crippen LogP contribution in [0.2, 0.25) is 0 Å². The van der Waals surface area contributed by atoms with Crippen molar-refractivity contribution in [1.29, 1.82) is 0 Å². The summed E-state index contributed by atoms with van der Waals surface area (Å²) in [6.07, 6.45) is 36.0. The van der Waals surface area contributed by atoms with Gasteiger partial charge in [0.05, 0.1) is 39.9 Å². The third-order valence-electron chi connectivity index (χ3n) is 8.94. The predicted octanol–water partition coefficient (Wildman–Crippen LogP) is 9.94. The molecule has 0 aliphatic heterocycles. The number of unbranched alkanes of at least 4 members (excludes halogenated alkanes) is 19. The van der Waals surface area contributed by atoms with Crippen LogP contribution in [-0.4, -0.2) is 68.5 Å². The number of likely N-dealkylation sites (N-methyl/N-ethyl adjacent to an activating group) is 1. The van der Waals surface area contributed by atoms with Crippen molar-refractivity contribution in [2.75, 3.05) is 40.9 Å². The van der Waals surface area contributed by atoms with E-state index in [1.807, 2.05) is 21.1 Å². The Bertz CT molecular complexity index is 860. The zero-order valence-electron chi connectivity index (χ0n) is 32.6. The molecule has 0 fully saturated rings. The van der Waals surface area contributed by atoms with E-state index in [9.17, 15) is 19.4 Å². The van der Waals surface area contributed by atoms with Gasteiger partial charge in [-0.15, -0.1) is 0 Å². The number of amides is 1. The summed E-state index contributed by atoms with van der Waals surface area (Å²) in [5.41, 5.74) is 0. The zero-order chi connectivity index (χ0) is 36.5. The smallest absolute Gasteiger partial charge is 0.268 e. The molecule has 0 bridgehead atoms. The first-order chi connectivity index (χ1) is 23.5. The first kappa shape index (κ1) is 48.0. The summed E-state index contributed by atoms with van der Waals surface area (Å²) in [4.78, 5) is 25.2. The number of phosphoric ester groups is 1. The van der Waals surface area contributed by atoms with Crippen molar-refractivity contribution in [2.45, 2.75) is 187 Å². The van der Waals surface area contributed by atoms with Gasteiger partial charge in [-0.3, -0.25) is 9.36 Å². The van der Waals surface area contributed by atoms with E-state index < -0.39 is 20.0 Å². The summed E-state index contributed by atoms with van der Waals surface area (Å²) in [7, 11) is 1.29. The molecule has 0 radical (unpaired) electrons. The Morgan fingerprint density at radius 2 is 1.18 bits per heavy atom. The molecule has 0 aliphatic carbocycles. The third-order valence-corrected chi connectivity index (χ3v) is 9.91. The molecule has 3 atom stereocenters. The lowest BCUT2D eigenvalue weighted by atomic mass is 10.0. The van der Waals surface area contributed by atoms with Crippen molar-refractivity contribution in [3.8, 4) is 0 Å². The average Bonchev–Trinajstić information content (AvgIpc) is 3.04. The van der Waals surface area contributed by atoms with Crippen LogP contribution in [-0.2, 0) is 18.4 Å².